The highest BCUT2D eigenvalue weighted by Crippen LogP contribution is 2.30. The fraction of sp³-hybridized carbons (Fsp3) is 1.00. The zero-order valence-corrected chi connectivity index (χ0v) is 12.1. The average molecular weight is 257 g/mol. The van der Waals surface area contributed by atoms with Crippen molar-refractivity contribution >= 4 is 0 Å². The van der Waals surface area contributed by atoms with Crippen LogP contribution in [0.5, 0.6) is 0 Å². The van der Waals surface area contributed by atoms with Gasteiger partial charge in [0.25, 0.3) is 0 Å². The molecule has 1 aliphatic carbocycles. The van der Waals surface area contributed by atoms with Crippen molar-refractivity contribution in [3.05, 3.63) is 0 Å². The monoisotopic (exact) mass is 257 g/mol. The first-order valence-corrected chi connectivity index (χ1v) is 7.66. The molecule has 0 amide bonds. The van der Waals surface area contributed by atoms with E-state index in [9.17, 15) is 10.2 Å². The van der Waals surface area contributed by atoms with Crippen LogP contribution < -0.4 is 5.73 Å². The van der Waals surface area contributed by atoms with Gasteiger partial charge in [-0.3, -0.25) is 0 Å². The molecule has 108 valence electrons. The topological polar surface area (TPSA) is 66.5 Å². The first-order chi connectivity index (χ1) is 8.45. The minimum absolute atomic E-state index is 0.399. The molecule has 1 fully saturated rings. The maximum atomic E-state index is 10.1. The molecule has 0 bridgehead atoms. The number of nitrogens with two attached hydrogens (primary N) is 1. The van der Waals surface area contributed by atoms with Gasteiger partial charge in [0.1, 0.15) is 0 Å². The second-order valence-electron chi connectivity index (χ2n) is 6.28. The molecule has 4 N–H and O–H groups in total. The minimum Gasteiger partial charge on any atom is -0.364 e. The zero-order valence-electron chi connectivity index (χ0n) is 12.1. The summed E-state index contributed by atoms with van der Waals surface area (Å²) in [7, 11) is 0. The third-order valence-electron chi connectivity index (χ3n) is 4.61. The van der Waals surface area contributed by atoms with Gasteiger partial charge in [-0.1, -0.05) is 52.4 Å². The number of hydrogen-bond acceptors (Lipinski definition) is 3. The first kappa shape index (κ1) is 15.9. The fourth-order valence-electron chi connectivity index (χ4n) is 2.82. The van der Waals surface area contributed by atoms with Crippen molar-refractivity contribution in [1.82, 2.24) is 0 Å². The SMILES string of the molecule is CCC(C)CCC(O)(O)C(N)CC1CCCCC1. The normalized spacial score (nSPS) is 21.8. The van der Waals surface area contributed by atoms with Gasteiger partial charge in [-0.15, -0.1) is 0 Å². The van der Waals surface area contributed by atoms with Gasteiger partial charge in [0, 0.05) is 6.42 Å². The van der Waals surface area contributed by atoms with Crippen molar-refractivity contribution < 1.29 is 10.2 Å². The third-order valence-corrected chi connectivity index (χ3v) is 4.61. The van der Waals surface area contributed by atoms with E-state index in [-0.39, 0.29) is 0 Å². The molecule has 0 aromatic rings. The molecule has 2 unspecified atom stereocenters. The van der Waals surface area contributed by atoms with Crippen LogP contribution >= 0.6 is 0 Å². The van der Waals surface area contributed by atoms with Crippen LogP contribution in [0.4, 0.5) is 0 Å². The van der Waals surface area contributed by atoms with E-state index >= 15 is 0 Å². The Hall–Kier alpha value is -0.120. The molecule has 3 nitrogen and oxygen atoms in total. The van der Waals surface area contributed by atoms with E-state index in [4.69, 9.17) is 5.73 Å². The molecule has 18 heavy (non-hydrogen) atoms. The van der Waals surface area contributed by atoms with Gasteiger partial charge in [-0.25, -0.2) is 0 Å². The van der Waals surface area contributed by atoms with Crippen LogP contribution in [0.15, 0.2) is 0 Å². The zero-order chi connectivity index (χ0) is 13.6. The van der Waals surface area contributed by atoms with E-state index in [0.717, 1.165) is 19.3 Å². The molecule has 0 heterocycles. The molecule has 0 spiro atoms. The van der Waals surface area contributed by atoms with E-state index in [1.54, 1.807) is 0 Å². The molecular formula is C15H31NO2. The smallest absolute Gasteiger partial charge is 0.178 e. The van der Waals surface area contributed by atoms with E-state index in [1.807, 2.05) is 0 Å². The third kappa shape index (κ3) is 5.25. The van der Waals surface area contributed by atoms with Crippen molar-refractivity contribution in [2.45, 2.75) is 83.5 Å². The lowest BCUT2D eigenvalue weighted by molar-refractivity contribution is -0.186. The van der Waals surface area contributed by atoms with Crippen LogP contribution in [-0.2, 0) is 0 Å². The van der Waals surface area contributed by atoms with Crippen LogP contribution in [0.2, 0.25) is 0 Å². The quantitative estimate of drug-likeness (QED) is 0.614. The molecule has 1 rings (SSSR count). The first-order valence-electron chi connectivity index (χ1n) is 7.66. The van der Waals surface area contributed by atoms with E-state index < -0.39 is 11.8 Å². The molecule has 0 saturated heterocycles. The number of rotatable bonds is 7. The van der Waals surface area contributed by atoms with Crippen molar-refractivity contribution in [3.63, 3.8) is 0 Å². The molecule has 0 aliphatic heterocycles. The predicted octanol–water partition coefficient (Wildman–Crippen LogP) is 2.79. The number of aliphatic hydroxyl groups is 2. The van der Waals surface area contributed by atoms with E-state index in [0.29, 0.717) is 18.3 Å². The predicted molar refractivity (Wildman–Crippen MR) is 75.0 cm³/mol. The Balaban J connectivity index is 2.34. The molecule has 0 radical (unpaired) electrons. The van der Waals surface area contributed by atoms with Crippen molar-refractivity contribution in [1.29, 1.82) is 0 Å². The molecule has 1 saturated carbocycles. The van der Waals surface area contributed by atoms with Crippen LogP contribution in [0.3, 0.4) is 0 Å². The summed E-state index contributed by atoms with van der Waals surface area (Å²) in [6.45, 7) is 4.27. The molecule has 3 heteroatoms. The van der Waals surface area contributed by atoms with Crippen LogP contribution in [0.1, 0.15) is 71.6 Å². The maximum absolute atomic E-state index is 10.1. The van der Waals surface area contributed by atoms with Crippen molar-refractivity contribution in [3.8, 4) is 0 Å². The number of hydrogen-bond donors (Lipinski definition) is 3. The Bertz CT molecular complexity index is 225. The highest BCUT2D eigenvalue weighted by Gasteiger charge is 2.33. The van der Waals surface area contributed by atoms with E-state index in [1.165, 1.54) is 32.1 Å². The summed E-state index contributed by atoms with van der Waals surface area (Å²) in [5.41, 5.74) is 6.01. The highest BCUT2D eigenvalue weighted by molar-refractivity contribution is 4.83. The molecule has 0 aromatic heterocycles. The summed E-state index contributed by atoms with van der Waals surface area (Å²) in [5.74, 6) is -0.553. The Labute approximate surface area is 112 Å². The van der Waals surface area contributed by atoms with Crippen LogP contribution in [-0.4, -0.2) is 22.0 Å². The van der Waals surface area contributed by atoms with Gasteiger partial charge in [0.05, 0.1) is 6.04 Å². The summed E-state index contributed by atoms with van der Waals surface area (Å²) < 4.78 is 0. The molecular weight excluding hydrogens is 226 g/mol. The van der Waals surface area contributed by atoms with Crippen LogP contribution in [0, 0.1) is 11.8 Å². The summed E-state index contributed by atoms with van der Waals surface area (Å²) in [6, 6.07) is -0.496. The maximum Gasteiger partial charge on any atom is 0.178 e. The van der Waals surface area contributed by atoms with E-state index in [2.05, 4.69) is 13.8 Å². The summed E-state index contributed by atoms with van der Waals surface area (Å²) in [5, 5.41) is 20.2. The average Bonchev–Trinajstić information content (AvgIpc) is 2.37. The lowest BCUT2D eigenvalue weighted by atomic mass is 9.82. The van der Waals surface area contributed by atoms with Gasteiger partial charge in [0.2, 0.25) is 0 Å². The summed E-state index contributed by atoms with van der Waals surface area (Å²) in [4.78, 5) is 0. The Morgan fingerprint density at radius 1 is 1.22 bits per heavy atom. The van der Waals surface area contributed by atoms with Gasteiger partial charge in [-0.05, 0) is 24.7 Å². The van der Waals surface area contributed by atoms with Gasteiger partial charge in [-0.2, -0.15) is 0 Å². The second-order valence-corrected chi connectivity index (χ2v) is 6.28. The summed E-state index contributed by atoms with van der Waals surface area (Å²) in [6.07, 6.45) is 9.34. The Kier molecular flexibility index (Phi) is 6.61. The largest absolute Gasteiger partial charge is 0.364 e. The van der Waals surface area contributed by atoms with Crippen LogP contribution in [0.25, 0.3) is 0 Å². The van der Waals surface area contributed by atoms with Gasteiger partial charge in [0.15, 0.2) is 5.79 Å². The lowest BCUT2D eigenvalue weighted by Crippen LogP contribution is -2.49. The Morgan fingerprint density at radius 2 is 1.83 bits per heavy atom. The molecule has 0 aromatic carbocycles. The molecule has 1 aliphatic rings. The fourth-order valence-corrected chi connectivity index (χ4v) is 2.82. The highest BCUT2D eigenvalue weighted by atomic mass is 16.5. The van der Waals surface area contributed by atoms with Crippen molar-refractivity contribution in [2.24, 2.45) is 17.6 Å². The lowest BCUT2D eigenvalue weighted by Gasteiger charge is -2.33. The van der Waals surface area contributed by atoms with Gasteiger partial charge < -0.3 is 15.9 Å². The Morgan fingerprint density at radius 3 is 2.39 bits per heavy atom. The van der Waals surface area contributed by atoms with Crippen molar-refractivity contribution in [2.75, 3.05) is 0 Å². The van der Waals surface area contributed by atoms with Gasteiger partial charge >= 0.3 is 0 Å². The summed E-state index contributed by atoms with van der Waals surface area (Å²) >= 11 is 0. The minimum atomic E-state index is -1.68. The second kappa shape index (κ2) is 7.46. The molecule has 2 atom stereocenters. The standard InChI is InChI=1S/C15H31NO2/c1-3-12(2)9-10-15(17,18)14(16)11-13-7-5-4-6-8-13/h12-14,17-18H,3-11,16H2,1-2H3.